The molecule has 21 heavy (non-hydrogen) atoms. The first-order valence-electron chi connectivity index (χ1n) is 7.42. The first-order chi connectivity index (χ1) is 10.3. The van der Waals surface area contributed by atoms with Crippen molar-refractivity contribution in [1.82, 2.24) is 14.4 Å². The average Bonchev–Trinajstić information content (AvgIpc) is 2.85. The maximum atomic E-state index is 6.02. The second-order valence-electron chi connectivity index (χ2n) is 5.73. The van der Waals surface area contributed by atoms with Crippen molar-refractivity contribution in [3.63, 3.8) is 0 Å². The summed E-state index contributed by atoms with van der Waals surface area (Å²) < 4.78 is 2.12. The zero-order valence-electron chi connectivity index (χ0n) is 12.1. The molecule has 4 nitrogen and oxygen atoms in total. The number of anilines is 1. The maximum absolute atomic E-state index is 6.02. The van der Waals surface area contributed by atoms with Crippen LogP contribution in [0.3, 0.4) is 0 Å². The van der Waals surface area contributed by atoms with Crippen LogP contribution in [0.4, 0.5) is 5.82 Å². The molecule has 2 aromatic heterocycles. The fourth-order valence-corrected chi connectivity index (χ4v) is 3.54. The first kappa shape index (κ1) is 12.4. The van der Waals surface area contributed by atoms with Crippen LogP contribution in [0.25, 0.3) is 5.52 Å². The van der Waals surface area contributed by atoms with Gasteiger partial charge in [-0.05, 0) is 37.3 Å². The molecule has 0 amide bonds. The standard InChI is InChI=1S/C17H18N4/c1-11-15-16(18)19-9-10-21(15)17(20-11)14-8-4-6-12-5-2-3-7-13(12)14/h2-3,5,7,9-10,14H,4,6,8H2,1H3,(H2,18,19). The van der Waals surface area contributed by atoms with Gasteiger partial charge in [0.15, 0.2) is 0 Å². The van der Waals surface area contributed by atoms with Crippen LogP contribution in [-0.4, -0.2) is 14.4 Å². The van der Waals surface area contributed by atoms with Crippen molar-refractivity contribution in [2.24, 2.45) is 0 Å². The highest BCUT2D eigenvalue weighted by Gasteiger charge is 2.26. The van der Waals surface area contributed by atoms with Crippen molar-refractivity contribution in [2.75, 3.05) is 5.73 Å². The summed E-state index contributed by atoms with van der Waals surface area (Å²) in [5, 5.41) is 0. The van der Waals surface area contributed by atoms with Crippen molar-refractivity contribution in [3.8, 4) is 0 Å². The second-order valence-corrected chi connectivity index (χ2v) is 5.73. The monoisotopic (exact) mass is 278 g/mol. The predicted octanol–water partition coefficient (Wildman–Crippen LogP) is 3.09. The van der Waals surface area contributed by atoms with Crippen LogP contribution in [0, 0.1) is 6.92 Å². The molecule has 0 fully saturated rings. The Morgan fingerprint density at radius 1 is 1.29 bits per heavy atom. The quantitative estimate of drug-likeness (QED) is 0.744. The minimum absolute atomic E-state index is 0.345. The molecule has 0 saturated heterocycles. The van der Waals surface area contributed by atoms with Gasteiger partial charge in [-0.15, -0.1) is 0 Å². The molecule has 1 aromatic carbocycles. The Kier molecular flexibility index (Phi) is 2.70. The third-order valence-corrected chi connectivity index (χ3v) is 4.47. The van der Waals surface area contributed by atoms with Crippen LogP contribution >= 0.6 is 0 Å². The number of hydrogen-bond donors (Lipinski definition) is 1. The summed E-state index contributed by atoms with van der Waals surface area (Å²) in [6.45, 7) is 2.01. The molecule has 0 bridgehead atoms. The number of nitrogens with two attached hydrogens (primary N) is 1. The molecular weight excluding hydrogens is 260 g/mol. The Morgan fingerprint density at radius 2 is 2.14 bits per heavy atom. The zero-order valence-corrected chi connectivity index (χ0v) is 12.1. The third-order valence-electron chi connectivity index (χ3n) is 4.47. The molecule has 0 spiro atoms. The highest BCUT2D eigenvalue weighted by atomic mass is 15.1. The fraction of sp³-hybridized carbons (Fsp3) is 0.294. The van der Waals surface area contributed by atoms with E-state index in [-0.39, 0.29) is 0 Å². The Labute approximate surface area is 123 Å². The highest BCUT2D eigenvalue weighted by molar-refractivity contribution is 5.69. The molecule has 2 heterocycles. The Morgan fingerprint density at radius 3 is 3.05 bits per heavy atom. The molecule has 3 aromatic rings. The van der Waals surface area contributed by atoms with E-state index < -0.39 is 0 Å². The van der Waals surface area contributed by atoms with Gasteiger partial charge < -0.3 is 5.73 Å². The Balaban J connectivity index is 1.95. The van der Waals surface area contributed by atoms with Gasteiger partial charge >= 0.3 is 0 Å². The van der Waals surface area contributed by atoms with Gasteiger partial charge in [0.25, 0.3) is 0 Å². The van der Waals surface area contributed by atoms with Gasteiger partial charge in [-0.3, -0.25) is 4.40 Å². The van der Waals surface area contributed by atoms with Crippen molar-refractivity contribution in [1.29, 1.82) is 0 Å². The van der Waals surface area contributed by atoms with Crippen molar-refractivity contribution in [3.05, 3.63) is 59.3 Å². The molecule has 1 aliphatic carbocycles. The predicted molar refractivity (Wildman–Crippen MR) is 83.4 cm³/mol. The summed E-state index contributed by atoms with van der Waals surface area (Å²) in [7, 11) is 0. The minimum atomic E-state index is 0.345. The van der Waals surface area contributed by atoms with Gasteiger partial charge in [-0.1, -0.05) is 24.3 Å². The van der Waals surface area contributed by atoms with E-state index in [2.05, 4.69) is 33.7 Å². The molecule has 0 aliphatic heterocycles. The van der Waals surface area contributed by atoms with Gasteiger partial charge in [-0.2, -0.15) is 0 Å². The lowest BCUT2D eigenvalue weighted by Crippen LogP contribution is -2.13. The number of fused-ring (bicyclic) bond motifs is 2. The molecule has 4 rings (SSSR count). The van der Waals surface area contributed by atoms with E-state index in [4.69, 9.17) is 10.7 Å². The maximum Gasteiger partial charge on any atom is 0.149 e. The van der Waals surface area contributed by atoms with E-state index in [1.54, 1.807) is 6.20 Å². The second kappa shape index (κ2) is 4.58. The molecule has 4 heteroatoms. The van der Waals surface area contributed by atoms with E-state index in [0.717, 1.165) is 23.5 Å². The fourth-order valence-electron chi connectivity index (χ4n) is 3.54. The van der Waals surface area contributed by atoms with E-state index in [1.807, 2.05) is 13.1 Å². The van der Waals surface area contributed by atoms with Gasteiger partial charge in [-0.25, -0.2) is 9.97 Å². The van der Waals surface area contributed by atoms with E-state index in [9.17, 15) is 0 Å². The van der Waals surface area contributed by atoms with Crippen LogP contribution in [0.2, 0.25) is 0 Å². The third kappa shape index (κ3) is 1.82. The topological polar surface area (TPSA) is 56.2 Å². The molecule has 1 aliphatic rings. The van der Waals surface area contributed by atoms with Gasteiger partial charge in [0.2, 0.25) is 0 Å². The number of aromatic nitrogens is 3. The molecule has 1 atom stereocenters. The molecule has 2 N–H and O–H groups in total. The van der Waals surface area contributed by atoms with Crippen LogP contribution in [-0.2, 0) is 6.42 Å². The van der Waals surface area contributed by atoms with E-state index >= 15 is 0 Å². The SMILES string of the molecule is Cc1nc(C2CCCc3ccccc32)n2ccnc(N)c12. The number of rotatable bonds is 1. The summed E-state index contributed by atoms with van der Waals surface area (Å²) in [5.41, 5.74) is 10.8. The van der Waals surface area contributed by atoms with Crippen molar-refractivity contribution in [2.45, 2.75) is 32.1 Å². The number of benzene rings is 1. The van der Waals surface area contributed by atoms with Crippen molar-refractivity contribution >= 4 is 11.3 Å². The molecule has 0 saturated carbocycles. The van der Waals surface area contributed by atoms with Gasteiger partial charge in [0.1, 0.15) is 17.2 Å². The lowest BCUT2D eigenvalue weighted by atomic mass is 9.82. The van der Waals surface area contributed by atoms with Gasteiger partial charge in [0.05, 0.1) is 5.69 Å². The number of nitrogen functional groups attached to an aromatic ring is 1. The lowest BCUT2D eigenvalue weighted by Gasteiger charge is -2.24. The smallest absolute Gasteiger partial charge is 0.149 e. The molecule has 0 radical (unpaired) electrons. The summed E-state index contributed by atoms with van der Waals surface area (Å²) >= 11 is 0. The lowest BCUT2D eigenvalue weighted by molar-refractivity contribution is 0.588. The largest absolute Gasteiger partial charge is 0.382 e. The number of hydrogen-bond acceptors (Lipinski definition) is 3. The Hall–Kier alpha value is -2.36. The molecular formula is C17H18N4. The summed E-state index contributed by atoms with van der Waals surface area (Å²) in [5.74, 6) is 1.99. The molecule has 106 valence electrons. The van der Waals surface area contributed by atoms with Crippen LogP contribution < -0.4 is 5.73 Å². The summed E-state index contributed by atoms with van der Waals surface area (Å²) in [4.78, 5) is 9.00. The summed E-state index contributed by atoms with van der Waals surface area (Å²) in [6.07, 6.45) is 7.23. The summed E-state index contributed by atoms with van der Waals surface area (Å²) in [6, 6.07) is 8.72. The van der Waals surface area contributed by atoms with Crippen molar-refractivity contribution < 1.29 is 0 Å². The molecule has 1 unspecified atom stereocenters. The van der Waals surface area contributed by atoms with Crippen LogP contribution in [0.15, 0.2) is 36.7 Å². The van der Waals surface area contributed by atoms with Gasteiger partial charge in [0, 0.05) is 18.3 Å². The van der Waals surface area contributed by atoms with E-state index in [0.29, 0.717) is 11.7 Å². The Bertz CT molecular complexity index is 819. The number of nitrogens with zero attached hydrogens (tertiary/aromatic N) is 3. The zero-order chi connectivity index (χ0) is 14.4. The normalized spacial score (nSPS) is 17.9. The minimum Gasteiger partial charge on any atom is -0.382 e. The number of imidazole rings is 1. The highest BCUT2D eigenvalue weighted by Crippen LogP contribution is 2.37. The first-order valence-corrected chi connectivity index (χ1v) is 7.42. The average molecular weight is 278 g/mol. The van der Waals surface area contributed by atoms with E-state index in [1.165, 1.54) is 24.0 Å². The number of aryl methyl sites for hydroxylation is 2. The van der Waals surface area contributed by atoms with Crippen LogP contribution in [0.1, 0.15) is 41.4 Å². The van der Waals surface area contributed by atoms with Crippen LogP contribution in [0.5, 0.6) is 0 Å².